The Morgan fingerprint density at radius 1 is 0.778 bits per heavy atom. The average Bonchev–Trinajstić information content (AvgIpc) is 3.29. The van der Waals surface area contributed by atoms with Crippen LogP contribution < -0.4 is 0 Å². The van der Waals surface area contributed by atoms with E-state index < -0.39 is 11.9 Å². The largest absolute Gasteiger partial charge is 0.460 e. The van der Waals surface area contributed by atoms with Crippen LogP contribution in [0.2, 0.25) is 0 Å². The van der Waals surface area contributed by atoms with Crippen LogP contribution in [0, 0.1) is 0 Å². The molecule has 2 aliphatic heterocycles. The Kier molecular flexibility index (Phi) is 9.30. The molecule has 0 radical (unpaired) electrons. The lowest BCUT2D eigenvalue weighted by atomic mass is 10.1. The highest BCUT2D eigenvalue weighted by Crippen LogP contribution is 2.45. The van der Waals surface area contributed by atoms with Crippen LogP contribution in [0.4, 0.5) is 0 Å². The molecule has 10 heteroatoms. The minimum atomic E-state index is -0.472. The Hall–Kier alpha value is -2.72. The Bertz CT molecular complexity index is 974. The van der Waals surface area contributed by atoms with Gasteiger partial charge >= 0.3 is 11.9 Å². The van der Waals surface area contributed by atoms with E-state index in [1.54, 1.807) is 47.2 Å². The Morgan fingerprint density at radius 3 is 1.42 bits per heavy atom. The summed E-state index contributed by atoms with van der Waals surface area (Å²) in [5, 5.41) is -0.792. The van der Waals surface area contributed by atoms with Crippen molar-refractivity contribution in [1.29, 1.82) is 0 Å². The van der Waals surface area contributed by atoms with Crippen molar-refractivity contribution in [3.63, 3.8) is 0 Å². The summed E-state index contributed by atoms with van der Waals surface area (Å²) in [5.41, 5.74) is 2.55. The van der Waals surface area contributed by atoms with Crippen molar-refractivity contribution in [2.45, 2.75) is 48.9 Å². The quantitative estimate of drug-likeness (QED) is 0.331. The first-order valence-electron chi connectivity index (χ1n) is 11.7. The molecule has 1 aromatic carbocycles. The number of carbonyl (C=O) groups is 4. The standard InChI is InChI=1S/C26H32N2O6S2/c1-15(2)25(31)33-13-11-27-21(29)17(5)35-23(27)19-7-9-20(10-8-19)24-28(22(30)18(6)36-24)12-14-34-26(32)16(3)4/h7-10,17-18,23-24H,1,3,11-14H2,2,4-6H3. The van der Waals surface area contributed by atoms with Gasteiger partial charge < -0.3 is 19.3 Å². The first kappa shape index (κ1) is 27.9. The third-order valence-corrected chi connectivity index (χ3v) is 8.62. The van der Waals surface area contributed by atoms with Gasteiger partial charge in [0.2, 0.25) is 11.8 Å². The topological polar surface area (TPSA) is 93.2 Å². The smallest absolute Gasteiger partial charge is 0.333 e. The van der Waals surface area contributed by atoms with Gasteiger partial charge in [0.15, 0.2) is 0 Å². The molecule has 4 atom stereocenters. The second kappa shape index (κ2) is 12.0. The number of benzene rings is 1. The number of rotatable bonds is 10. The van der Waals surface area contributed by atoms with Crippen LogP contribution >= 0.6 is 23.5 Å². The molecule has 8 nitrogen and oxygen atoms in total. The van der Waals surface area contributed by atoms with Gasteiger partial charge in [-0.1, -0.05) is 37.4 Å². The average molecular weight is 533 g/mol. The molecule has 2 amide bonds. The van der Waals surface area contributed by atoms with Crippen LogP contribution in [-0.4, -0.2) is 70.4 Å². The second-order valence-corrected chi connectivity index (χ2v) is 11.7. The van der Waals surface area contributed by atoms with Gasteiger partial charge in [0.1, 0.15) is 24.0 Å². The fourth-order valence-electron chi connectivity index (χ4n) is 3.87. The summed E-state index contributed by atoms with van der Waals surface area (Å²) < 4.78 is 10.4. The highest BCUT2D eigenvalue weighted by atomic mass is 32.2. The van der Waals surface area contributed by atoms with Gasteiger partial charge in [-0.3, -0.25) is 9.59 Å². The molecule has 2 fully saturated rings. The van der Waals surface area contributed by atoms with Gasteiger partial charge in [0.25, 0.3) is 0 Å². The van der Waals surface area contributed by atoms with E-state index in [4.69, 9.17) is 9.47 Å². The third kappa shape index (κ3) is 6.34. The molecule has 0 spiro atoms. The molecule has 2 aliphatic rings. The maximum atomic E-state index is 12.7. The number of thioether (sulfide) groups is 2. The molecule has 36 heavy (non-hydrogen) atoms. The maximum Gasteiger partial charge on any atom is 0.333 e. The van der Waals surface area contributed by atoms with E-state index in [1.165, 1.54) is 0 Å². The van der Waals surface area contributed by atoms with E-state index in [-0.39, 0.29) is 46.3 Å². The van der Waals surface area contributed by atoms with Gasteiger partial charge in [0.05, 0.1) is 23.6 Å². The number of nitrogens with zero attached hydrogens (tertiary/aromatic N) is 2. The molecule has 2 saturated heterocycles. The molecule has 194 valence electrons. The molecular weight excluding hydrogens is 500 g/mol. The molecule has 0 bridgehead atoms. The van der Waals surface area contributed by atoms with E-state index in [1.807, 2.05) is 38.1 Å². The minimum absolute atomic E-state index is 0.00158. The van der Waals surface area contributed by atoms with Gasteiger partial charge in [-0.15, -0.1) is 23.5 Å². The summed E-state index contributed by atoms with van der Waals surface area (Å²) in [6, 6.07) is 7.88. The Balaban J connectivity index is 1.69. The summed E-state index contributed by atoms with van der Waals surface area (Å²) in [7, 11) is 0. The number of amides is 2. The molecular formula is C26H32N2O6S2. The van der Waals surface area contributed by atoms with E-state index in [0.29, 0.717) is 24.2 Å². The monoisotopic (exact) mass is 532 g/mol. The normalized spacial score (nSPS) is 23.7. The summed E-state index contributed by atoms with van der Waals surface area (Å²) in [5.74, 6) is -0.941. The number of carbonyl (C=O) groups excluding carboxylic acids is 4. The van der Waals surface area contributed by atoms with Crippen LogP contribution in [0.3, 0.4) is 0 Å². The number of ether oxygens (including phenoxy) is 2. The fourth-order valence-corrected chi connectivity index (χ4v) is 6.48. The molecule has 3 rings (SSSR count). The molecule has 0 aromatic heterocycles. The van der Waals surface area contributed by atoms with Gasteiger partial charge in [-0.05, 0) is 38.8 Å². The lowest BCUT2D eigenvalue weighted by molar-refractivity contribution is -0.141. The highest BCUT2D eigenvalue weighted by Gasteiger charge is 2.40. The SMILES string of the molecule is C=C(C)C(=O)OCCN1C(=O)C(C)SC1c1ccc(C2SC(C)C(=O)N2CCOC(=O)C(=C)C)cc1. The van der Waals surface area contributed by atoms with Crippen molar-refractivity contribution in [3.05, 3.63) is 59.7 Å². The van der Waals surface area contributed by atoms with Gasteiger partial charge in [-0.2, -0.15) is 0 Å². The molecule has 2 heterocycles. The molecule has 0 aliphatic carbocycles. The Morgan fingerprint density at radius 2 is 1.11 bits per heavy atom. The minimum Gasteiger partial charge on any atom is -0.460 e. The van der Waals surface area contributed by atoms with Crippen molar-refractivity contribution < 1.29 is 28.7 Å². The zero-order valence-electron chi connectivity index (χ0n) is 21.0. The molecule has 1 aromatic rings. The maximum absolute atomic E-state index is 12.7. The predicted molar refractivity (Wildman–Crippen MR) is 141 cm³/mol. The summed E-state index contributed by atoms with van der Waals surface area (Å²) >= 11 is 3.10. The summed E-state index contributed by atoms with van der Waals surface area (Å²) in [6.07, 6.45) is 0. The number of hydrogen-bond donors (Lipinski definition) is 0. The first-order valence-corrected chi connectivity index (χ1v) is 13.6. The zero-order valence-corrected chi connectivity index (χ0v) is 22.7. The number of hydrogen-bond acceptors (Lipinski definition) is 8. The predicted octanol–water partition coefficient (Wildman–Crippen LogP) is 3.85. The molecule has 0 saturated carbocycles. The van der Waals surface area contributed by atoms with Crippen LogP contribution in [-0.2, 0) is 28.7 Å². The fraction of sp³-hybridized carbons (Fsp3) is 0.462. The lowest BCUT2D eigenvalue weighted by Crippen LogP contribution is -2.34. The second-order valence-electron chi connectivity index (χ2n) is 8.82. The summed E-state index contributed by atoms with van der Waals surface area (Å²) in [4.78, 5) is 52.3. The van der Waals surface area contributed by atoms with E-state index in [0.717, 1.165) is 11.1 Å². The van der Waals surface area contributed by atoms with Gasteiger partial charge in [-0.25, -0.2) is 9.59 Å². The van der Waals surface area contributed by atoms with Crippen molar-refractivity contribution in [2.24, 2.45) is 0 Å². The van der Waals surface area contributed by atoms with Gasteiger partial charge in [0, 0.05) is 11.1 Å². The van der Waals surface area contributed by atoms with Crippen LogP contribution in [0.5, 0.6) is 0 Å². The third-order valence-electron chi connectivity index (χ3n) is 5.83. The first-order chi connectivity index (χ1) is 17.0. The Labute approximate surface area is 220 Å². The molecule has 4 unspecified atom stereocenters. The van der Waals surface area contributed by atoms with E-state index in [9.17, 15) is 19.2 Å². The number of esters is 2. The zero-order chi connectivity index (χ0) is 26.6. The van der Waals surface area contributed by atoms with Crippen LogP contribution in [0.25, 0.3) is 0 Å². The van der Waals surface area contributed by atoms with E-state index in [2.05, 4.69) is 13.2 Å². The van der Waals surface area contributed by atoms with Crippen molar-refractivity contribution in [3.8, 4) is 0 Å². The lowest BCUT2D eigenvalue weighted by Gasteiger charge is -2.26. The highest BCUT2D eigenvalue weighted by molar-refractivity contribution is 8.01. The van der Waals surface area contributed by atoms with Crippen molar-refractivity contribution >= 4 is 47.3 Å². The summed E-state index contributed by atoms with van der Waals surface area (Å²) in [6.45, 7) is 14.8. The van der Waals surface area contributed by atoms with Crippen LogP contribution in [0.1, 0.15) is 49.6 Å². The van der Waals surface area contributed by atoms with Crippen molar-refractivity contribution in [2.75, 3.05) is 26.3 Å². The molecule has 0 N–H and O–H groups in total. The van der Waals surface area contributed by atoms with Crippen LogP contribution in [0.15, 0.2) is 48.6 Å². The van der Waals surface area contributed by atoms with Crippen molar-refractivity contribution in [1.82, 2.24) is 9.80 Å². The van der Waals surface area contributed by atoms with E-state index >= 15 is 0 Å².